The minimum Gasteiger partial charge on any atom is -0.482 e. The van der Waals surface area contributed by atoms with Gasteiger partial charge < -0.3 is 14.7 Å². The van der Waals surface area contributed by atoms with E-state index in [0.717, 1.165) is 55.3 Å². The zero-order valence-corrected chi connectivity index (χ0v) is 18.0. The number of carboxylic acids is 1. The van der Waals surface area contributed by atoms with Crippen LogP contribution in [0.3, 0.4) is 0 Å². The number of Topliss-reactive ketones (excluding diaryl/α,β-unsaturated/α-hetero) is 1. The van der Waals surface area contributed by atoms with Crippen molar-refractivity contribution in [2.24, 2.45) is 0 Å². The summed E-state index contributed by atoms with van der Waals surface area (Å²) >= 11 is 0. The molecule has 0 atom stereocenters. The Morgan fingerprint density at radius 2 is 1.88 bits per heavy atom. The van der Waals surface area contributed by atoms with Gasteiger partial charge in [0.1, 0.15) is 17.3 Å². The number of carbonyl (C=O) groups excluding carboxylic acids is 1. The first kappa shape index (κ1) is 20.7. The minimum absolute atomic E-state index is 0.0611. The monoisotopic (exact) mass is 433 g/mol. The second kappa shape index (κ2) is 8.37. The van der Waals surface area contributed by atoms with Gasteiger partial charge in [-0.05, 0) is 61.4 Å². The van der Waals surface area contributed by atoms with Crippen LogP contribution in [0.15, 0.2) is 30.3 Å². The third-order valence-electron chi connectivity index (χ3n) is 6.71. The van der Waals surface area contributed by atoms with Crippen molar-refractivity contribution in [3.63, 3.8) is 0 Å². The van der Waals surface area contributed by atoms with Crippen molar-refractivity contribution >= 4 is 17.6 Å². The topological polar surface area (TPSA) is 104 Å². The number of rotatable bonds is 8. The lowest BCUT2D eigenvalue weighted by atomic mass is 9.94. The fourth-order valence-electron chi connectivity index (χ4n) is 4.82. The van der Waals surface area contributed by atoms with Crippen molar-refractivity contribution in [3.05, 3.63) is 58.4 Å². The van der Waals surface area contributed by atoms with Gasteiger partial charge in [0.2, 0.25) is 0 Å². The molecule has 7 heteroatoms. The molecular weight excluding hydrogens is 406 g/mol. The molecule has 0 unspecified atom stereocenters. The van der Waals surface area contributed by atoms with Crippen molar-refractivity contribution in [3.8, 4) is 5.75 Å². The molecule has 0 bridgehead atoms. The number of fused-ring (bicyclic) bond motifs is 1. The van der Waals surface area contributed by atoms with Gasteiger partial charge in [0, 0.05) is 29.3 Å². The maximum absolute atomic E-state index is 13.1. The van der Waals surface area contributed by atoms with Gasteiger partial charge in [-0.1, -0.05) is 18.9 Å². The molecule has 2 heterocycles. The molecule has 5 rings (SSSR count). The van der Waals surface area contributed by atoms with Crippen molar-refractivity contribution in [2.75, 3.05) is 13.2 Å². The fourth-order valence-corrected chi connectivity index (χ4v) is 4.82. The van der Waals surface area contributed by atoms with Crippen LogP contribution < -0.4 is 4.74 Å². The van der Waals surface area contributed by atoms with Crippen LogP contribution >= 0.6 is 0 Å². The molecule has 3 aliphatic rings. The number of aliphatic carboxylic acids is 1. The van der Waals surface area contributed by atoms with Gasteiger partial charge in [-0.2, -0.15) is 0 Å². The number of carbonyl (C=O) groups is 2. The Balaban J connectivity index is 1.33. The number of ketones is 1. The van der Waals surface area contributed by atoms with E-state index in [2.05, 4.69) is 6.07 Å². The fraction of sp³-hybridized carbons (Fsp3) is 0.440. The highest BCUT2D eigenvalue weighted by atomic mass is 16.5. The summed E-state index contributed by atoms with van der Waals surface area (Å²) in [6.07, 6.45) is 6.61. The number of hydrogen-bond acceptors (Lipinski definition) is 5. The van der Waals surface area contributed by atoms with E-state index in [9.17, 15) is 9.59 Å². The van der Waals surface area contributed by atoms with Gasteiger partial charge in [-0.25, -0.2) is 9.78 Å². The molecule has 1 aromatic carbocycles. The van der Waals surface area contributed by atoms with Crippen LogP contribution in [-0.2, 0) is 11.3 Å². The number of amidine groups is 1. The van der Waals surface area contributed by atoms with E-state index in [4.69, 9.17) is 20.2 Å². The van der Waals surface area contributed by atoms with E-state index in [0.29, 0.717) is 35.3 Å². The highest BCUT2D eigenvalue weighted by Gasteiger charge is 2.31. The first-order valence-electron chi connectivity index (χ1n) is 11.3. The number of nitrogens with zero attached hydrogens (tertiary/aromatic N) is 2. The number of benzene rings is 1. The Kier molecular flexibility index (Phi) is 5.41. The highest BCUT2D eigenvalue weighted by molar-refractivity contribution is 6.04. The van der Waals surface area contributed by atoms with E-state index >= 15 is 0 Å². The summed E-state index contributed by atoms with van der Waals surface area (Å²) in [7, 11) is 0. The van der Waals surface area contributed by atoms with Crippen molar-refractivity contribution in [1.29, 1.82) is 5.41 Å². The summed E-state index contributed by atoms with van der Waals surface area (Å²) in [5.41, 5.74) is 4.25. The Bertz CT molecular complexity index is 1090. The first-order valence-corrected chi connectivity index (χ1v) is 11.3. The lowest BCUT2D eigenvalue weighted by molar-refractivity contribution is -0.139. The molecule has 7 nitrogen and oxygen atoms in total. The summed E-state index contributed by atoms with van der Waals surface area (Å²) in [4.78, 5) is 30.6. The third-order valence-corrected chi connectivity index (χ3v) is 6.71. The molecule has 2 aliphatic carbocycles. The van der Waals surface area contributed by atoms with Gasteiger partial charge in [0.05, 0.1) is 6.54 Å². The smallest absolute Gasteiger partial charge is 0.341 e. The maximum atomic E-state index is 13.1. The van der Waals surface area contributed by atoms with Gasteiger partial charge in [0.15, 0.2) is 12.4 Å². The van der Waals surface area contributed by atoms with E-state index in [1.54, 1.807) is 17.0 Å². The molecule has 1 aliphatic heterocycles. The zero-order chi connectivity index (χ0) is 22.2. The lowest BCUT2D eigenvalue weighted by Gasteiger charge is -2.19. The zero-order valence-electron chi connectivity index (χ0n) is 18.0. The van der Waals surface area contributed by atoms with Crippen LogP contribution in [0.1, 0.15) is 83.2 Å². The van der Waals surface area contributed by atoms with E-state index in [-0.39, 0.29) is 18.2 Å². The van der Waals surface area contributed by atoms with Gasteiger partial charge in [0.25, 0.3) is 0 Å². The minimum atomic E-state index is -1.02. The molecule has 0 radical (unpaired) electrons. The van der Waals surface area contributed by atoms with Crippen LogP contribution in [0.2, 0.25) is 0 Å². The Labute approximate surface area is 186 Å². The molecule has 2 aromatic rings. The molecule has 0 spiro atoms. The second-order valence-corrected chi connectivity index (χ2v) is 9.06. The first-order chi connectivity index (χ1) is 15.5. The standard InChI is InChI=1S/C25H27N3O4/c26-25-24-18(7-9-20(27-24)16-5-6-16)12-28(25)13-21(29)17-8-10-22(32-14-23(30)31)19(11-17)15-3-1-2-4-15/h7-11,15-16,26H,1-6,12-14H2,(H,30,31). The molecule has 1 aromatic heterocycles. The Hall–Kier alpha value is -3.22. The van der Waals surface area contributed by atoms with Crippen molar-refractivity contribution in [2.45, 2.75) is 56.9 Å². The van der Waals surface area contributed by atoms with Gasteiger partial charge in [-0.3, -0.25) is 10.2 Å². The third kappa shape index (κ3) is 4.11. The van der Waals surface area contributed by atoms with Crippen LogP contribution in [-0.4, -0.2) is 45.7 Å². The van der Waals surface area contributed by atoms with Gasteiger partial charge in [-0.15, -0.1) is 0 Å². The predicted octanol–water partition coefficient (Wildman–Crippen LogP) is 4.10. The number of ether oxygens (including phenoxy) is 1. The average Bonchev–Trinajstić information content (AvgIpc) is 3.41. The van der Waals surface area contributed by atoms with E-state index < -0.39 is 12.6 Å². The average molecular weight is 434 g/mol. The molecule has 32 heavy (non-hydrogen) atoms. The molecule has 166 valence electrons. The molecule has 2 saturated carbocycles. The summed E-state index contributed by atoms with van der Waals surface area (Å²) < 4.78 is 5.51. The lowest BCUT2D eigenvalue weighted by Crippen LogP contribution is -2.30. The van der Waals surface area contributed by atoms with Crippen LogP contribution in [0.4, 0.5) is 0 Å². The SMILES string of the molecule is N=C1c2nc(C3CC3)ccc2CN1CC(=O)c1ccc(OCC(=O)O)c(C2CCCC2)c1. The number of pyridine rings is 1. The quantitative estimate of drug-likeness (QED) is 0.608. The summed E-state index contributed by atoms with van der Waals surface area (Å²) in [6, 6.07) is 9.39. The number of carboxylic acid groups (broad SMARTS) is 1. The second-order valence-electron chi connectivity index (χ2n) is 9.06. The molecule has 0 amide bonds. The normalized spacial score (nSPS) is 18.1. The van der Waals surface area contributed by atoms with Crippen molar-refractivity contribution in [1.82, 2.24) is 9.88 Å². The van der Waals surface area contributed by atoms with Crippen LogP contribution in [0.25, 0.3) is 0 Å². The number of nitrogens with one attached hydrogen (secondary N) is 1. The number of aromatic nitrogens is 1. The van der Waals surface area contributed by atoms with Crippen LogP contribution in [0, 0.1) is 5.41 Å². The van der Waals surface area contributed by atoms with Crippen LogP contribution in [0.5, 0.6) is 5.75 Å². The van der Waals surface area contributed by atoms with Crippen molar-refractivity contribution < 1.29 is 19.4 Å². The maximum Gasteiger partial charge on any atom is 0.341 e. The highest BCUT2D eigenvalue weighted by Crippen LogP contribution is 2.40. The molecular formula is C25H27N3O4. The Morgan fingerprint density at radius 1 is 1.09 bits per heavy atom. The molecule has 2 fully saturated rings. The predicted molar refractivity (Wildman–Crippen MR) is 119 cm³/mol. The largest absolute Gasteiger partial charge is 0.482 e. The van der Waals surface area contributed by atoms with E-state index in [1.807, 2.05) is 12.1 Å². The van der Waals surface area contributed by atoms with Gasteiger partial charge >= 0.3 is 5.97 Å². The molecule has 2 N–H and O–H groups in total. The number of hydrogen-bond donors (Lipinski definition) is 2. The Morgan fingerprint density at radius 3 is 2.59 bits per heavy atom. The summed E-state index contributed by atoms with van der Waals surface area (Å²) in [5.74, 6) is 0.593. The molecule has 0 saturated heterocycles. The summed E-state index contributed by atoms with van der Waals surface area (Å²) in [5, 5.41) is 17.5. The van der Waals surface area contributed by atoms with E-state index in [1.165, 1.54) is 0 Å². The summed E-state index contributed by atoms with van der Waals surface area (Å²) in [6.45, 7) is 0.243.